The Labute approximate surface area is 94.5 Å². The predicted molar refractivity (Wildman–Crippen MR) is 65.3 cm³/mol. The molecule has 0 spiro atoms. The molecular weight excluding hydrogens is 240 g/mol. The number of aryl methyl sites for hydroxylation is 1. The monoisotopic (exact) mass is 256 g/mol. The zero-order chi connectivity index (χ0) is 10.6. The fourth-order valence-electron chi connectivity index (χ4n) is 1.49. The molecule has 14 heavy (non-hydrogen) atoms. The van der Waals surface area contributed by atoms with Gasteiger partial charge in [0.1, 0.15) is 0 Å². The molecule has 0 aliphatic heterocycles. The van der Waals surface area contributed by atoms with Crippen LogP contribution in [0, 0.1) is 6.92 Å². The van der Waals surface area contributed by atoms with Crippen molar-refractivity contribution in [2.45, 2.75) is 26.8 Å². The van der Waals surface area contributed by atoms with E-state index in [1.807, 2.05) is 13.1 Å². The maximum absolute atomic E-state index is 4.20. The Hall–Kier alpha value is -0.570. The maximum Gasteiger partial charge on any atom is 0.0402 e. The second-order valence-corrected chi connectivity index (χ2v) is 4.42. The molecule has 0 atom stereocenters. The lowest BCUT2D eigenvalue weighted by Gasteiger charge is -2.28. The molecule has 0 aromatic carbocycles. The molecule has 0 aliphatic carbocycles. The largest absolute Gasteiger partial charge is 0.368 e. The van der Waals surface area contributed by atoms with Gasteiger partial charge in [0.2, 0.25) is 0 Å². The highest BCUT2D eigenvalue weighted by molar-refractivity contribution is 9.09. The van der Waals surface area contributed by atoms with Crippen LogP contribution in [0.25, 0.3) is 0 Å². The second-order valence-electron chi connectivity index (χ2n) is 3.63. The van der Waals surface area contributed by atoms with Crippen LogP contribution in [-0.2, 0) is 0 Å². The lowest BCUT2D eigenvalue weighted by atomic mass is 10.2. The van der Waals surface area contributed by atoms with Gasteiger partial charge in [-0.25, -0.2) is 0 Å². The highest BCUT2D eigenvalue weighted by atomic mass is 79.9. The zero-order valence-corrected chi connectivity index (χ0v) is 10.6. The first-order valence-electron chi connectivity index (χ1n) is 4.90. The van der Waals surface area contributed by atoms with Crippen LogP contribution in [0.4, 0.5) is 5.69 Å². The van der Waals surface area contributed by atoms with Crippen LogP contribution in [0.3, 0.4) is 0 Å². The van der Waals surface area contributed by atoms with Gasteiger partial charge in [-0.1, -0.05) is 15.9 Å². The summed E-state index contributed by atoms with van der Waals surface area (Å²) in [6.45, 7) is 7.47. The smallest absolute Gasteiger partial charge is 0.0402 e. The number of anilines is 1. The highest BCUT2D eigenvalue weighted by Crippen LogP contribution is 2.17. The van der Waals surface area contributed by atoms with Crippen LogP contribution in [0.15, 0.2) is 18.3 Å². The average molecular weight is 257 g/mol. The Morgan fingerprint density at radius 3 is 2.71 bits per heavy atom. The Balaban J connectivity index is 2.87. The van der Waals surface area contributed by atoms with E-state index in [2.05, 4.69) is 51.8 Å². The second kappa shape index (κ2) is 5.35. The molecule has 2 nitrogen and oxygen atoms in total. The lowest BCUT2D eigenvalue weighted by Crippen LogP contribution is -2.32. The molecule has 1 heterocycles. The van der Waals surface area contributed by atoms with Gasteiger partial charge in [-0.05, 0) is 32.9 Å². The average Bonchev–Trinajstić information content (AvgIpc) is 2.13. The fraction of sp³-hybridized carbons (Fsp3) is 0.545. The van der Waals surface area contributed by atoms with Crippen molar-refractivity contribution in [2.75, 3.05) is 16.8 Å². The number of alkyl halides is 1. The van der Waals surface area contributed by atoms with E-state index in [1.165, 1.54) is 5.69 Å². The van der Waals surface area contributed by atoms with Crippen LogP contribution in [0.2, 0.25) is 0 Å². The van der Waals surface area contributed by atoms with Crippen LogP contribution in [-0.4, -0.2) is 22.9 Å². The molecule has 1 rings (SSSR count). The molecule has 1 aromatic heterocycles. The minimum atomic E-state index is 0.523. The van der Waals surface area contributed by atoms with E-state index in [0.29, 0.717) is 6.04 Å². The minimum absolute atomic E-state index is 0.523. The van der Waals surface area contributed by atoms with Crippen molar-refractivity contribution in [1.82, 2.24) is 4.98 Å². The molecule has 0 bridgehead atoms. The molecule has 0 unspecified atom stereocenters. The normalized spacial score (nSPS) is 10.6. The molecule has 78 valence electrons. The van der Waals surface area contributed by atoms with E-state index >= 15 is 0 Å². The van der Waals surface area contributed by atoms with Gasteiger partial charge in [-0.2, -0.15) is 0 Å². The number of pyridine rings is 1. The minimum Gasteiger partial charge on any atom is -0.368 e. The molecule has 0 aliphatic rings. The summed E-state index contributed by atoms with van der Waals surface area (Å²) < 4.78 is 0. The lowest BCUT2D eigenvalue weighted by molar-refractivity contribution is 0.707. The van der Waals surface area contributed by atoms with Crippen molar-refractivity contribution in [3.05, 3.63) is 24.0 Å². The molecule has 0 saturated heterocycles. The number of hydrogen-bond acceptors (Lipinski definition) is 2. The number of halogens is 1. The Morgan fingerprint density at radius 1 is 1.50 bits per heavy atom. The van der Waals surface area contributed by atoms with E-state index in [1.54, 1.807) is 0 Å². The summed E-state index contributed by atoms with van der Waals surface area (Å²) in [6, 6.07) is 4.72. The third kappa shape index (κ3) is 2.98. The van der Waals surface area contributed by atoms with E-state index in [9.17, 15) is 0 Å². The van der Waals surface area contributed by atoms with Gasteiger partial charge < -0.3 is 4.90 Å². The van der Waals surface area contributed by atoms with Crippen molar-refractivity contribution < 1.29 is 0 Å². The van der Waals surface area contributed by atoms with E-state index < -0.39 is 0 Å². The Bertz CT molecular complexity index is 286. The molecule has 0 saturated carbocycles. The van der Waals surface area contributed by atoms with Crippen molar-refractivity contribution in [3.63, 3.8) is 0 Å². The summed E-state index contributed by atoms with van der Waals surface area (Å²) in [5.74, 6) is 0. The highest BCUT2D eigenvalue weighted by Gasteiger charge is 2.09. The number of nitrogens with zero attached hydrogens (tertiary/aromatic N) is 2. The van der Waals surface area contributed by atoms with Crippen LogP contribution in [0.1, 0.15) is 19.5 Å². The van der Waals surface area contributed by atoms with E-state index in [-0.39, 0.29) is 0 Å². The van der Waals surface area contributed by atoms with Gasteiger partial charge in [0, 0.05) is 35.5 Å². The van der Waals surface area contributed by atoms with E-state index in [4.69, 9.17) is 0 Å². The first-order valence-corrected chi connectivity index (χ1v) is 6.02. The quantitative estimate of drug-likeness (QED) is 0.771. The van der Waals surface area contributed by atoms with Crippen molar-refractivity contribution in [3.8, 4) is 0 Å². The molecule has 0 radical (unpaired) electrons. The van der Waals surface area contributed by atoms with Gasteiger partial charge in [-0.3, -0.25) is 4.98 Å². The molecular formula is C11H17BrN2. The summed E-state index contributed by atoms with van der Waals surface area (Å²) in [4.78, 5) is 6.57. The zero-order valence-electron chi connectivity index (χ0n) is 9.00. The Kier molecular flexibility index (Phi) is 4.39. The maximum atomic E-state index is 4.20. The van der Waals surface area contributed by atoms with Crippen molar-refractivity contribution >= 4 is 21.6 Å². The summed E-state index contributed by atoms with van der Waals surface area (Å²) >= 11 is 3.48. The Morgan fingerprint density at radius 2 is 2.21 bits per heavy atom. The van der Waals surface area contributed by atoms with E-state index in [0.717, 1.165) is 17.6 Å². The van der Waals surface area contributed by atoms with Crippen molar-refractivity contribution in [2.24, 2.45) is 0 Å². The summed E-state index contributed by atoms with van der Waals surface area (Å²) in [7, 11) is 0. The molecule has 0 N–H and O–H groups in total. The van der Waals surface area contributed by atoms with Crippen LogP contribution >= 0.6 is 15.9 Å². The standard InChI is InChI=1S/C11H17BrN2/c1-9(2)14(7-5-12)11-4-6-13-10(3)8-11/h4,6,8-9H,5,7H2,1-3H3. The fourth-order valence-corrected chi connectivity index (χ4v) is 1.87. The summed E-state index contributed by atoms with van der Waals surface area (Å²) in [6.07, 6.45) is 1.87. The van der Waals surface area contributed by atoms with Crippen LogP contribution < -0.4 is 4.90 Å². The SMILES string of the molecule is Cc1cc(N(CCBr)C(C)C)ccn1. The number of rotatable bonds is 4. The van der Waals surface area contributed by atoms with Crippen LogP contribution in [0.5, 0.6) is 0 Å². The molecule has 0 fully saturated rings. The topological polar surface area (TPSA) is 16.1 Å². The molecule has 3 heteroatoms. The predicted octanol–water partition coefficient (Wildman–Crippen LogP) is 3.00. The first kappa shape index (κ1) is 11.5. The van der Waals surface area contributed by atoms with Gasteiger partial charge >= 0.3 is 0 Å². The van der Waals surface area contributed by atoms with Gasteiger partial charge in [0.15, 0.2) is 0 Å². The van der Waals surface area contributed by atoms with Gasteiger partial charge in [0.25, 0.3) is 0 Å². The summed E-state index contributed by atoms with van der Waals surface area (Å²) in [5.41, 5.74) is 2.33. The summed E-state index contributed by atoms with van der Waals surface area (Å²) in [5, 5.41) is 0.993. The molecule has 1 aromatic rings. The third-order valence-corrected chi connectivity index (χ3v) is 2.52. The first-order chi connectivity index (χ1) is 6.65. The molecule has 0 amide bonds. The van der Waals surface area contributed by atoms with Crippen molar-refractivity contribution in [1.29, 1.82) is 0 Å². The van der Waals surface area contributed by atoms with Gasteiger partial charge in [0.05, 0.1) is 0 Å². The number of hydrogen-bond donors (Lipinski definition) is 0. The third-order valence-electron chi connectivity index (χ3n) is 2.16. The van der Waals surface area contributed by atoms with Gasteiger partial charge in [-0.15, -0.1) is 0 Å². The number of aromatic nitrogens is 1.